The van der Waals surface area contributed by atoms with Gasteiger partial charge in [0.1, 0.15) is 12.7 Å². The van der Waals surface area contributed by atoms with Gasteiger partial charge in [0.2, 0.25) is 0 Å². The minimum absolute atomic E-state index is 0.0905. The van der Waals surface area contributed by atoms with Crippen LogP contribution in [0.2, 0.25) is 0 Å². The SMILES string of the molecule is CC[C@@H](O)/C=C/C=C\C/C=C\C/C=C\C/C=C\CCCC(=O)O[C@H](COC(=O)CCCCCCCCCCCCCCC(C)C)COP(=O)(O)OC[C@@H](O)CO. The van der Waals surface area contributed by atoms with Crippen LogP contribution < -0.4 is 0 Å². The number of allylic oxidation sites excluding steroid dienone is 9. The predicted molar refractivity (Wildman–Crippen MR) is 225 cm³/mol. The number of ether oxygens (including phenoxy) is 2. The second kappa shape index (κ2) is 38.2. The Labute approximate surface area is 338 Å². The van der Waals surface area contributed by atoms with Gasteiger partial charge in [-0.1, -0.05) is 159 Å². The van der Waals surface area contributed by atoms with E-state index in [0.717, 1.165) is 44.4 Å². The standard InChI is InChI=1S/C44H77O11P/c1-4-40(46)32-28-24-20-16-12-7-5-6-8-14-18-22-26-30-34-44(49)55-42(38-54-56(50,51)53-36-41(47)35-45)37-52-43(48)33-29-25-21-17-13-10-9-11-15-19-23-27-31-39(2)3/h6-8,12,18,20,22,24,28,32,39-42,45-47H,4-5,9-11,13-17,19,21,23,25-27,29-31,33-38H2,1-3H3,(H,50,51)/b8-6-,12-7-,22-18-,24-20-,32-28+/t40-,41+,42-/m1/s1. The normalized spacial score (nSPS) is 15.1. The fourth-order valence-electron chi connectivity index (χ4n) is 5.34. The molecule has 0 aromatic carbocycles. The average Bonchev–Trinajstić information content (AvgIpc) is 3.17. The van der Waals surface area contributed by atoms with E-state index in [1.807, 2.05) is 37.3 Å². The van der Waals surface area contributed by atoms with Crippen molar-refractivity contribution in [2.24, 2.45) is 5.92 Å². The molecule has 11 nitrogen and oxygen atoms in total. The maximum atomic E-state index is 12.6. The van der Waals surface area contributed by atoms with Crippen molar-refractivity contribution < 1.29 is 52.9 Å². The summed E-state index contributed by atoms with van der Waals surface area (Å²) in [5.74, 6) is -0.212. The lowest BCUT2D eigenvalue weighted by atomic mass is 10.0. The first-order valence-corrected chi connectivity index (χ1v) is 22.7. The largest absolute Gasteiger partial charge is 0.472 e. The molecule has 0 fully saturated rings. The monoisotopic (exact) mass is 813 g/mol. The average molecular weight is 813 g/mol. The second-order valence-corrected chi connectivity index (χ2v) is 16.1. The molecule has 324 valence electrons. The van der Waals surface area contributed by atoms with Crippen LogP contribution in [0.5, 0.6) is 0 Å². The summed E-state index contributed by atoms with van der Waals surface area (Å²) in [7, 11) is -4.64. The summed E-state index contributed by atoms with van der Waals surface area (Å²) in [4.78, 5) is 34.9. The van der Waals surface area contributed by atoms with Crippen molar-refractivity contribution >= 4 is 19.8 Å². The zero-order valence-electron chi connectivity index (χ0n) is 34.9. The van der Waals surface area contributed by atoms with Crippen LogP contribution in [0.15, 0.2) is 60.8 Å². The minimum atomic E-state index is -4.64. The number of esters is 2. The first kappa shape index (κ1) is 53.6. The number of phosphoric ester groups is 1. The quantitative estimate of drug-likeness (QED) is 0.0154. The van der Waals surface area contributed by atoms with Gasteiger partial charge in [0.15, 0.2) is 6.10 Å². The van der Waals surface area contributed by atoms with Crippen LogP contribution >= 0.6 is 7.82 Å². The van der Waals surface area contributed by atoms with E-state index in [9.17, 15) is 29.3 Å². The van der Waals surface area contributed by atoms with Crippen molar-refractivity contribution in [3.63, 3.8) is 0 Å². The number of carbonyl (C=O) groups excluding carboxylic acids is 2. The predicted octanol–water partition coefficient (Wildman–Crippen LogP) is 9.94. The molecule has 0 aromatic rings. The molecule has 0 saturated heterocycles. The molecule has 4 N–H and O–H groups in total. The summed E-state index contributed by atoms with van der Waals surface area (Å²) in [6.07, 6.45) is 37.2. The van der Waals surface area contributed by atoms with Gasteiger partial charge in [0.25, 0.3) is 0 Å². The summed E-state index contributed by atoms with van der Waals surface area (Å²) in [5.41, 5.74) is 0. The third kappa shape index (κ3) is 38.5. The van der Waals surface area contributed by atoms with E-state index in [1.165, 1.54) is 57.8 Å². The Morgan fingerprint density at radius 2 is 1.16 bits per heavy atom. The van der Waals surface area contributed by atoms with Crippen molar-refractivity contribution in [3.8, 4) is 0 Å². The summed E-state index contributed by atoms with van der Waals surface area (Å²) in [5, 5.41) is 27.8. The van der Waals surface area contributed by atoms with Gasteiger partial charge >= 0.3 is 19.8 Å². The van der Waals surface area contributed by atoms with Gasteiger partial charge in [0.05, 0.1) is 25.9 Å². The van der Waals surface area contributed by atoms with Crippen LogP contribution in [0.1, 0.15) is 156 Å². The van der Waals surface area contributed by atoms with E-state index in [2.05, 4.69) is 42.7 Å². The molecule has 0 spiro atoms. The van der Waals surface area contributed by atoms with Gasteiger partial charge in [-0.15, -0.1) is 0 Å². The number of hydrogen-bond donors (Lipinski definition) is 4. The molecule has 0 radical (unpaired) electrons. The highest BCUT2D eigenvalue weighted by molar-refractivity contribution is 7.47. The molecule has 0 rings (SSSR count). The van der Waals surface area contributed by atoms with E-state index >= 15 is 0 Å². The topological polar surface area (TPSA) is 169 Å². The van der Waals surface area contributed by atoms with E-state index in [4.69, 9.17) is 19.1 Å². The third-order valence-corrected chi connectivity index (χ3v) is 9.72. The number of carbonyl (C=O) groups is 2. The van der Waals surface area contributed by atoms with Gasteiger partial charge in [-0.05, 0) is 50.9 Å². The molecule has 0 aliphatic heterocycles. The van der Waals surface area contributed by atoms with Crippen molar-refractivity contribution in [2.45, 2.75) is 174 Å². The minimum Gasteiger partial charge on any atom is -0.462 e. The molecule has 4 atom stereocenters. The van der Waals surface area contributed by atoms with Crippen LogP contribution in [0.3, 0.4) is 0 Å². The number of unbranched alkanes of at least 4 members (excludes halogenated alkanes) is 12. The first-order valence-electron chi connectivity index (χ1n) is 21.2. The molecule has 0 aromatic heterocycles. The number of phosphoric acid groups is 1. The highest BCUT2D eigenvalue weighted by Crippen LogP contribution is 2.43. The summed E-state index contributed by atoms with van der Waals surface area (Å²) >= 11 is 0. The van der Waals surface area contributed by atoms with E-state index in [-0.39, 0.29) is 19.4 Å². The van der Waals surface area contributed by atoms with Gasteiger partial charge in [0, 0.05) is 12.8 Å². The van der Waals surface area contributed by atoms with Crippen molar-refractivity contribution in [2.75, 3.05) is 26.4 Å². The fraction of sp³-hybridized carbons (Fsp3) is 0.727. The molecular formula is C44H77O11P. The molecule has 0 heterocycles. The Kier molecular flexibility index (Phi) is 36.5. The molecule has 0 bridgehead atoms. The molecule has 0 aliphatic carbocycles. The molecule has 0 aliphatic rings. The van der Waals surface area contributed by atoms with E-state index in [1.54, 1.807) is 6.08 Å². The Bertz CT molecular complexity index is 1150. The number of aliphatic hydroxyl groups is 3. The molecule has 0 amide bonds. The Hall–Kier alpha value is -2.37. The Morgan fingerprint density at radius 3 is 1.73 bits per heavy atom. The molecule has 56 heavy (non-hydrogen) atoms. The maximum Gasteiger partial charge on any atom is 0.472 e. The van der Waals surface area contributed by atoms with Gasteiger partial charge in [-0.3, -0.25) is 18.6 Å². The first-order chi connectivity index (χ1) is 27.0. The molecule has 0 saturated carbocycles. The van der Waals surface area contributed by atoms with Crippen molar-refractivity contribution in [3.05, 3.63) is 60.8 Å². The van der Waals surface area contributed by atoms with Crippen LogP contribution in [-0.4, -0.2) is 76.9 Å². The zero-order valence-corrected chi connectivity index (χ0v) is 35.7. The lowest BCUT2D eigenvalue weighted by Crippen LogP contribution is -2.29. The smallest absolute Gasteiger partial charge is 0.462 e. The number of rotatable bonds is 38. The van der Waals surface area contributed by atoms with Gasteiger partial charge < -0.3 is 29.7 Å². The van der Waals surface area contributed by atoms with Crippen LogP contribution in [0.25, 0.3) is 0 Å². The Morgan fingerprint density at radius 1 is 0.643 bits per heavy atom. The van der Waals surface area contributed by atoms with Crippen LogP contribution in [-0.2, 0) is 32.7 Å². The van der Waals surface area contributed by atoms with Crippen LogP contribution in [0.4, 0.5) is 0 Å². The summed E-state index contributed by atoms with van der Waals surface area (Å²) in [6, 6.07) is 0. The summed E-state index contributed by atoms with van der Waals surface area (Å²) in [6.45, 7) is 4.28. The summed E-state index contributed by atoms with van der Waals surface area (Å²) < 4.78 is 32.6. The van der Waals surface area contributed by atoms with Crippen LogP contribution in [0, 0.1) is 5.92 Å². The zero-order chi connectivity index (χ0) is 41.5. The molecule has 12 heteroatoms. The van der Waals surface area contributed by atoms with Crippen molar-refractivity contribution in [1.82, 2.24) is 0 Å². The van der Waals surface area contributed by atoms with Gasteiger partial charge in [-0.2, -0.15) is 0 Å². The van der Waals surface area contributed by atoms with E-state index < -0.39 is 57.9 Å². The lowest BCUT2D eigenvalue weighted by Gasteiger charge is -2.20. The lowest BCUT2D eigenvalue weighted by molar-refractivity contribution is -0.161. The maximum absolute atomic E-state index is 12.6. The molecule has 1 unspecified atom stereocenters. The van der Waals surface area contributed by atoms with E-state index in [0.29, 0.717) is 25.7 Å². The van der Waals surface area contributed by atoms with Crippen molar-refractivity contribution in [1.29, 1.82) is 0 Å². The van der Waals surface area contributed by atoms with Gasteiger partial charge in [-0.25, -0.2) is 4.57 Å². The fourth-order valence-corrected chi connectivity index (χ4v) is 6.13. The highest BCUT2D eigenvalue weighted by Gasteiger charge is 2.27. The third-order valence-electron chi connectivity index (χ3n) is 8.77. The number of aliphatic hydroxyl groups excluding tert-OH is 3. The second-order valence-electron chi connectivity index (χ2n) is 14.7. The number of hydrogen-bond acceptors (Lipinski definition) is 10. The highest BCUT2D eigenvalue weighted by atomic mass is 31.2. The molecular weight excluding hydrogens is 735 g/mol. The Balaban J connectivity index is 4.43.